The summed E-state index contributed by atoms with van der Waals surface area (Å²) in [5, 5.41) is 3.11. The van der Waals surface area contributed by atoms with Crippen molar-refractivity contribution in [3.8, 4) is 5.75 Å². The maximum absolute atomic E-state index is 5.42. The van der Waals surface area contributed by atoms with Crippen molar-refractivity contribution in [3.63, 3.8) is 0 Å². The highest BCUT2D eigenvalue weighted by Crippen LogP contribution is 2.34. The molecule has 0 aliphatic carbocycles. The van der Waals surface area contributed by atoms with Gasteiger partial charge in [0.2, 0.25) is 0 Å². The molecule has 106 valence electrons. The number of nitrogens with zero attached hydrogens (tertiary/aromatic N) is 3. The highest BCUT2D eigenvalue weighted by atomic mass is 16.5. The van der Waals surface area contributed by atoms with E-state index in [1.54, 1.807) is 13.4 Å². The van der Waals surface area contributed by atoms with Crippen LogP contribution in [0, 0.1) is 0 Å². The number of para-hydroxylation sites is 2. The molecule has 0 aliphatic rings. The molecule has 0 amide bonds. The summed E-state index contributed by atoms with van der Waals surface area (Å²) in [5.41, 5.74) is 2.06. The zero-order valence-electron chi connectivity index (χ0n) is 12.3. The summed E-state index contributed by atoms with van der Waals surface area (Å²) < 4.78 is 5.42. The number of nitrogens with one attached hydrogen (secondary N) is 1. The Hall–Kier alpha value is -2.30. The third-order valence-electron chi connectivity index (χ3n) is 3.28. The van der Waals surface area contributed by atoms with Crippen LogP contribution in [0.3, 0.4) is 0 Å². The molecule has 1 N–H and O–H groups in total. The molecule has 1 heterocycles. The largest absolute Gasteiger partial charge is 0.495 e. The minimum Gasteiger partial charge on any atom is -0.495 e. The normalized spacial score (nSPS) is 10.2. The van der Waals surface area contributed by atoms with Gasteiger partial charge in [0.15, 0.2) is 0 Å². The molecule has 5 nitrogen and oxygen atoms in total. The van der Waals surface area contributed by atoms with Crippen molar-refractivity contribution in [2.45, 2.75) is 13.3 Å². The molecule has 0 fully saturated rings. The molecule has 0 spiro atoms. The SMILES string of the molecule is CCc1c(NC)ncnc1N(C)c1ccccc1OC. The lowest BCUT2D eigenvalue weighted by Crippen LogP contribution is -2.16. The average molecular weight is 272 g/mol. The predicted octanol–water partition coefficient (Wildman–Crippen LogP) is 2.86. The van der Waals surface area contributed by atoms with E-state index in [-0.39, 0.29) is 0 Å². The van der Waals surface area contributed by atoms with Crippen molar-refractivity contribution < 1.29 is 4.74 Å². The van der Waals surface area contributed by atoms with Gasteiger partial charge in [-0.05, 0) is 18.6 Å². The molecular weight excluding hydrogens is 252 g/mol. The van der Waals surface area contributed by atoms with Gasteiger partial charge in [-0.2, -0.15) is 0 Å². The zero-order chi connectivity index (χ0) is 14.5. The Labute approximate surface area is 119 Å². The van der Waals surface area contributed by atoms with Crippen LogP contribution in [0.1, 0.15) is 12.5 Å². The van der Waals surface area contributed by atoms with E-state index in [2.05, 4.69) is 22.2 Å². The van der Waals surface area contributed by atoms with Crippen molar-refractivity contribution in [2.75, 3.05) is 31.4 Å². The van der Waals surface area contributed by atoms with Gasteiger partial charge in [0.25, 0.3) is 0 Å². The number of anilines is 3. The maximum Gasteiger partial charge on any atom is 0.142 e. The molecule has 1 aromatic heterocycles. The Bertz CT molecular complexity index is 586. The number of methoxy groups -OCH3 is 1. The van der Waals surface area contributed by atoms with Gasteiger partial charge >= 0.3 is 0 Å². The first-order valence-electron chi connectivity index (χ1n) is 6.61. The summed E-state index contributed by atoms with van der Waals surface area (Å²) in [5.74, 6) is 2.57. The van der Waals surface area contributed by atoms with E-state index in [9.17, 15) is 0 Å². The van der Waals surface area contributed by atoms with E-state index in [0.29, 0.717) is 0 Å². The summed E-state index contributed by atoms with van der Waals surface area (Å²) in [6, 6.07) is 7.90. The van der Waals surface area contributed by atoms with Crippen LogP contribution in [0.25, 0.3) is 0 Å². The van der Waals surface area contributed by atoms with Gasteiger partial charge in [0.05, 0.1) is 12.8 Å². The Morgan fingerprint density at radius 1 is 1.25 bits per heavy atom. The second kappa shape index (κ2) is 6.23. The van der Waals surface area contributed by atoms with E-state index < -0.39 is 0 Å². The van der Waals surface area contributed by atoms with Crippen LogP contribution in [-0.2, 0) is 6.42 Å². The molecule has 0 saturated heterocycles. The third-order valence-corrected chi connectivity index (χ3v) is 3.28. The lowest BCUT2D eigenvalue weighted by molar-refractivity contribution is 0.415. The van der Waals surface area contributed by atoms with E-state index >= 15 is 0 Å². The van der Waals surface area contributed by atoms with Crippen LogP contribution in [0.4, 0.5) is 17.3 Å². The molecule has 20 heavy (non-hydrogen) atoms. The molecule has 0 bridgehead atoms. The van der Waals surface area contributed by atoms with Crippen LogP contribution in [0.15, 0.2) is 30.6 Å². The minimum absolute atomic E-state index is 0.821. The highest BCUT2D eigenvalue weighted by molar-refractivity contribution is 5.71. The zero-order valence-corrected chi connectivity index (χ0v) is 12.3. The van der Waals surface area contributed by atoms with E-state index in [1.165, 1.54) is 0 Å². The first-order valence-corrected chi connectivity index (χ1v) is 6.61. The fourth-order valence-electron chi connectivity index (χ4n) is 2.25. The quantitative estimate of drug-likeness (QED) is 0.907. The number of ether oxygens (including phenoxy) is 1. The van der Waals surface area contributed by atoms with Crippen molar-refractivity contribution in [1.29, 1.82) is 0 Å². The Balaban J connectivity index is 2.50. The fraction of sp³-hybridized carbons (Fsp3) is 0.333. The average Bonchev–Trinajstić information content (AvgIpc) is 2.53. The summed E-state index contributed by atoms with van der Waals surface area (Å²) in [4.78, 5) is 10.7. The van der Waals surface area contributed by atoms with Crippen LogP contribution in [0.2, 0.25) is 0 Å². The minimum atomic E-state index is 0.821. The van der Waals surface area contributed by atoms with Crippen molar-refractivity contribution >= 4 is 17.3 Å². The number of rotatable bonds is 5. The van der Waals surface area contributed by atoms with Crippen LogP contribution < -0.4 is 15.0 Å². The number of hydrogen-bond acceptors (Lipinski definition) is 5. The van der Waals surface area contributed by atoms with E-state index in [1.807, 2.05) is 43.3 Å². The first-order chi connectivity index (χ1) is 9.72. The molecule has 1 aromatic carbocycles. The summed E-state index contributed by atoms with van der Waals surface area (Å²) >= 11 is 0. The highest BCUT2D eigenvalue weighted by Gasteiger charge is 2.16. The summed E-state index contributed by atoms with van der Waals surface area (Å²) in [6.45, 7) is 2.10. The maximum atomic E-state index is 5.42. The topological polar surface area (TPSA) is 50.3 Å². The molecule has 0 saturated carbocycles. The second-order valence-electron chi connectivity index (χ2n) is 4.36. The molecule has 0 unspecified atom stereocenters. The molecule has 0 atom stereocenters. The number of hydrogen-bond donors (Lipinski definition) is 1. The molecule has 2 rings (SSSR count). The monoisotopic (exact) mass is 272 g/mol. The molecule has 0 radical (unpaired) electrons. The Morgan fingerprint density at radius 3 is 2.65 bits per heavy atom. The van der Waals surface area contributed by atoms with E-state index in [4.69, 9.17) is 4.74 Å². The van der Waals surface area contributed by atoms with Gasteiger partial charge in [-0.25, -0.2) is 9.97 Å². The summed E-state index contributed by atoms with van der Waals surface area (Å²) in [6.07, 6.45) is 2.43. The first kappa shape index (κ1) is 14.1. The van der Waals surface area contributed by atoms with E-state index in [0.717, 1.165) is 35.1 Å². The Kier molecular flexibility index (Phi) is 4.40. The predicted molar refractivity (Wildman–Crippen MR) is 82.0 cm³/mol. The smallest absolute Gasteiger partial charge is 0.142 e. The van der Waals surface area contributed by atoms with Crippen molar-refractivity contribution in [3.05, 3.63) is 36.2 Å². The van der Waals surface area contributed by atoms with Crippen LogP contribution >= 0.6 is 0 Å². The van der Waals surface area contributed by atoms with Gasteiger partial charge in [0.1, 0.15) is 23.7 Å². The third kappa shape index (κ3) is 2.52. The molecule has 0 aliphatic heterocycles. The number of aromatic nitrogens is 2. The standard InChI is InChI=1S/C15H20N4O/c1-5-11-14(16-2)17-10-18-15(11)19(3)12-8-6-7-9-13(12)20-4/h6-10H,5H2,1-4H3,(H,16,17,18). The van der Waals surface area contributed by atoms with Gasteiger partial charge in [-0.3, -0.25) is 0 Å². The van der Waals surface area contributed by atoms with Gasteiger partial charge in [-0.15, -0.1) is 0 Å². The lowest BCUT2D eigenvalue weighted by Gasteiger charge is -2.23. The van der Waals surface area contributed by atoms with Gasteiger partial charge in [-0.1, -0.05) is 19.1 Å². The van der Waals surface area contributed by atoms with Gasteiger partial charge in [0, 0.05) is 19.7 Å². The van der Waals surface area contributed by atoms with Crippen molar-refractivity contribution in [2.24, 2.45) is 0 Å². The van der Waals surface area contributed by atoms with Crippen molar-refractivity contribution in [1.82, 2.24) is 9.97 Å². The molecular formula is C15H20N4O. The van der Waals surface area contributed by atoms with Crippen LogP contribution in [0.5, 0.6) is 5.75 Å². The Morgan fingerprint density at radius 2 is 2.00 bits per heavy atom. The lowest BCUT2D eigenvalue weighted by atomic mass is 10.2. The van der Waals surface area contributed by atoms with Gasteiger partial charge < -0.3 is 15.0 Å². The molecule has 2 aromatic rings. The summed E-state index contributed by atoms with van der Waals surface area (Å²) in [7, 11) is 5.53. The number of benzene rings is 1. The second-order valence-corrected chi connectivity index (χ2v) is 4.36. The van der Waals surface area contributed by atoms with Crippen LogP contribution in [-0.4, -0.2) is 31.2 Å². The molecule has 5 heteroatoms. The fourth-order valence-corrected chi connectivity index (χ4v) is 2.25.